The van der Waals surface area contributed by atoms with Crippen LogP contribution in [0.1, 0.15) is 53.8 Å². The first-order chi connectivity index (χ1) is 14.9. The maximum absolute atomic E-state index is 13.7. The van der Waals surface area contributed by atoms with E-state index in [0.29, 0.717) is 40.5 Å². The normalized spacial score (nSPS) is 13.2. The van der Waals surface area contributed by atoms with E-state index < -0.39 is 11.6 Å². The number of hydrogen-bond acceptors (Lipinski definition) is 4. The Hall–Kier alpha value is -3.55. The Bertz CT molecular complexity index is 1320. The summed E-state index contributed by atoms with van der Waals surface area (Å²) in [6.07, 6.45) is 2.30. The lowest BCUT2D eigenvalue weighted by molar-refractivity contribution is 0.102. The van der Waals surface area contributed by atoms with E-state index in [9.17, 15) is 13.6 Å². The van der Waals surface area contributed by atoms with Gasteiger partial charge in [-0.25, -0.2) is 18.4 Å². The molecule has 2 heterocycles. The largest absolute Gasteiger partial charge is 0.440 e. The molecule has 0 radical (unpaired) electrons. The molecule has 0 unspecified atom stereocenters. The van der Waals surface area contributed by atoms with Crippen molar-refractivity contribution in [2.45, 2.75) is 39.0 Å². The van der Waals surface area contributed by atoms with Gasteiger partial charge in [-0.1, -0.05) is 13.8 Å². The molecule has 158 valence electrons. The Morgan fingerprint density at radius 2 is 1.97 bits per heavy atom. The Balaban J connectivity index is 1.47. The van der Waals surface area contributed by atoms with Gasteiger partial charge in [-0.2, -0.15) is 5.10 Å². The van der Waals surface area contributed by atoms with Crippen molar-refractivity contribution in [1.82, 2.24) is 14.8 Å². The second-order valence-corrected chi connectivity index (χ2v) is 7.98. The van der Waals surface area contributed by atoms with E-state index in [-0.39, 0.29) is 11.8 Å². The van der Waals surface area contributed by atoms with Gasteiger partial charge in [0.15, 0.2) is 28.8 Å². The molecular formula is C23H20F2N4O2. The Morgan fingerprint density at radius 1 is 1.13 bits per heavy atom. The maximum Gasteiger partial charge on any atom is 0.276 e. The summed E-state index contributed by atoms with van der Waals surface area (Å²) in [7, 11) is 0. The van der Waals surface area contributed by atoms with Crippen molar-refractivity contribution in [3.8, 4) is 5.69 Å². The first kappa shape index (κ1) is 19.4. The second-order valence-electron chi connectivity index (χ2n) is 7.98. The lowest BCUT2D eigenvalue weighted by Crippen LogP contribution is -2.15. The van der Waals surface area contributed by atoms with Gasteiger partial charge >= 0.3 is 0 Å². The number of oxazole rings is 1. The molecule has 6 nitrogen and oxygen atoms in total. The highest BCUT2D eigenvalue weighted by Crippen LogP contribution is 2.29. The molecule has 0 spiro atoms. The molecule has 1 amide bonds. The molecule has 1 N–H and O–H groups in total. The molecule has 0 bridgehead atoms. The minimum atomic E-state index is -0.951. The summed E-state index contributed by atoms with van der Waals surface area (Å²) < 4.78 is 34.3. The van der Waals surface area contributed by atoms with Crippen LogP contribution in [-0.2, 0) is 12.8 Å². The number of nitrogens with one attached hydrogen (secondary N) is 1. The molecule has 2 aromatic carbocycles. The predicted octanol–water partition coefficient (Wildman–Crippen LogP) is 5.16. The topological polar surface area (TPSA) is 73.0 Å². The van der Waals surface area contributed by atoms with E-state index in [2.05, 4.69) is 15.4 Å². The van der Waals surface area contributed by atoms with Crippen molar-refractivity contribution < 1.29 is 18.0 Å². The molecule has 0 saturated heterocycles. The quantitative estimate of drug-likeness (QED) is 0.493. The van der Waals surface area contributed by atoms with Gasteiger partial charge in [0.05, 0.1) is 5.69 Å². The van der Waals surface area contributed by atoms with E-state index in [1.165, 1.54) is 10.7 Å². The van der Waals surface area contributed by atoms with Crippen LogP contribution < -0.4 is 5.32 Å². The summed E-state index contributed by atoms with van der Waals surface area (Å²) in [6.45, 7) is 3.99. The Morgan fingerprint density at radius 3 is 2.74 bits per heavy atom. The third kappa shape index (κ3) is 3.37. The highest BCUT2D eigenvalue weighted by molar-refractivity contribution is 6.04. The third-order valence-electron chi connectivity index (χ3n) is 5.45. The standard InChI is InChI=1S/C23H20F2N4O2/c1-12(2)23-27-18-10-13(6-9-20(18)31-23)26-22(30)21-15-4-3-5-19(15)29(28-21)14-7-8-16(24)17(25)11-14/h6-12H,3-5H2,1-2H3,(H,26,30). The molecule has 31 heavy (non-hydrogen) atoms. The summed E-state index contributed by atoms with van der Waals surface area (Å²) in [5.74, 6) is -1.43. The summed E-state index contributed by atoms with van der Waals surface area (Å²) in [5.41, 5.74) is 4.28. The fourth-order valence-electron chi connectivity index (χ4n) is 3.91. The number of carbonyl (C=O) groups is 1. The van der Waals surface area contributed by atoms with Crippen molar-refractivity contribution >= 4 is 22.7 Å². The number of benzene rings is 2. The molecule has 8 heteroatoms. The van der Waals surface area contributed by atoms with Crippen LogP contribution in [0.5, 0.6) is 0 Å². The molecule has 0 atom stereocenters. The highest BCUT2D eigenvalue weighted by atomic mass is 19.2. The minimum absolute atomic E-state index is 0.160. The molecule has 5 rings (SSSR count). The average Bonchev–Trinajstić information content (AvgIpc) is 3.44. The van der Waals surface area contributed by atoms with Crippen LogP contribution in [0.3, 0.4) is 0 Å². The maximum atomic E-state index is 13.7. The first-order valence-electron chi connectivity index (χ1n) is 10.2. The van der Waals surface area contributed by atoms with Gasteiger partial charge in [-0.15, -0.1) is 0 Å². The van der Waals surface area contributed by atoms with Gasteiger partial charge in [0.1, 0.15) is 5.52 Å². The molecule has 1 aliphatic carbocycles. The van der Waals surface area contributed by atoms with E-state index in [4.69, 9.17) is 4.42 Å². The van der Waals surface area contributed by atoms with Crippen molar-refractivity contribution in [1.29, 1.82) is 0 Å². The first-order valence-corrected chi connectivity index (χ1v) is 10.2. The van der Waals surface area contributed by atoms with E-state index in [1.807, 2.05) is 13.8 Å². The molecule has 2 aromatic heterocycles. The van der Waals surface area contributed by atoms with Crippen molar-refractivity contribution in [2.24, 2.45) is 0 Å². The van der Waals surface area contributed by atoms with Gasteiger partial charge in [-0.05, 0) is 49.6 Å². The molecule has 1 aliphatic rings. The van der Waals surface area contributed by atoms with Gasteiger partial charge in [-0.3, -0.25) is 4.79 Å². The monoisotopic (exact) mass is 422 g/mol. The van der Waals surface area contributed by atoms with Crippen LogP contribution in [0.15, 0.2) is 40.8 Å². The van der Waals surface area contributed by atoms with Crippen LogP contribution in [0, 0.1) is 11.6 Å². The number of rotatable bonds is 4. The van der Waals surface area contributed by atoms with Gasteiger partial charge in [0.2, 0.25) is 0 Å². The predicted molar refractivity (Wildman–Crippen MR) is 112 cm³/mol. The Labute approximate surface area is 176 Å². The van der Waals surface area contributed by atoms with Gasteiger partial charge in [0, 0.05) is 28.9 Å². The smallest absolute Gasteiger partial charge is 0.276 e. The fraction of sp³-hybridized carbons (Fsp3) is 0.261. The average molecular weight is 422 g/mol. The third-order valence-corrected chi connectivity index (χ3v) is 5.45. The number of amides is 1. The van der Waals surface area contributed by atoms with Crippen LogP contribution in [0.2, 0.25) is 0 Å². The fourth-order valence-corrected chi connectivity index (χ4v) is 3.91. The SMILES string of the molecule is CC(C)c1nc2cc(NC(=O)c3nn(-c4ccc(F)c(F)c4)c4c3CCC4)ccc2o1. The van der Waals surface area contributed by atoms with E-state index in [0.717, 1.165) is 36.2 Å². The zero-order chi connectivity index (χ0) is 21.7. The lowest BCUT2D eigenvalue weighted by atomic mass is 10.2. The molecule has 0 fully saturated rings. The van der Waals surface area contributed by atoms with E-state index in [1.54, 1.807) is 18.2 Å². The number of carbonyl (C=O) groups excluding carboxylic acids is 1. The van der Waals surface area contributed by atoms with Crippen molar-refractivity contribution in [3.63, 3.8) is 0 Å². The van der Waals surface area contributed by atoms with Crippen LogP contribution in [0.4, 0.5) is 14.5 Å². The zero-order valence-electron chi connectivity index (χ0n) is 17.1. The Kier molecular flexibility index (Phi) is 4.57. The molecular weight excluding hydrogens is 402 g/mol. The van der Waals surface area contributed by atoms with E-state index >= 15 is 0 Å². The highest BCUT2D eigenvalue weighted by Gasteiger charge is 2.27. The van der Waals surface area contributed by atoms with Crippen LogP contribution in [-0.4, -0.2) is 20.7 Å². The number of halogens is 2. The molecule has 0 saturated carbocycles. The minimum Gasteiger partial charge on any atom is -0.440 e. The van der Waals surface area contributed by atoms with Gasteiger partial charge in [0.25, 0.3) is 5.91 Å². The summed E-state index contributed by atoms with van der Waals surface area (Å²) in [5, 5.41) is 7.31. The van der Waals surface area contributed by atoms with Crippen LogP contribution >= 0.6 is 0 Å². The number of hydrogen-bond donors (Lipinski definition) is 1. The number of nitrogens with zero attached hydrogens (tertiary/aromatic N) is 3. The summed E-state index contributed by atoms with van der Waals surface area (Å²) in [6, 6.07) is 8.89. The second kappa shape index (κ2) is 7.30. The molecule has 0 aliphatic heterocycles. The van der Waals surface area contributed by atoms with Crippen LogP contribution in [0.25, 0.3) is 16.8 Å². The van der Waals surface area contributed by atoms with Crippen molar-refractivity contribution in [2.75, 3.05) is 5.32 Å². The zero-order valence-corrected chi connectivity index (χ0v) is 17.1. The summed E-state index contributed by atoms with van der Waals surface area (Å²) >= 11 is 0. The van der Waals surface area contributed by atoms with Gasteiger partial charge < -0.3 is 9.73 Å². The molecule has 4 aromatic rings. The number of fused-ring (bicyclic) bond motifs is 2. The number of anilines is 1. The summed E-state index contributed by atoms with van der Waals surface area (Å²) in [4.78, 5) is 17.5. The lowest BCUT2D eigenvalue weighted by Gasteiger charge is -2.06. The van der Waals surface area contributed by atoms with Crippen molar-refractivity contribution in [3.05, 3.63) is 70.9 Å². The number of aromatic nitrogens is 3.